The number of rotatable bonds is 3. The van der Waals surface area contributed by atoms with E-state index in [1.807, 2.05) is 30.3 Å². The van der Waals surface area contributed by atoms with Crippen LogP contribution in [0.5, 0.6) is 0 Å². The summed E-state index contributed by atoms with van der Waals surface area (Å²) in [5.41, 5.74) is 6.43. The lowest BCUT2D eigenvalue weighted by Gasteiger charge is -2.40. The summed E-state index contributed by atoms with van der Waals surface area (Å²) in [6.45, 7) is 7.21. The summed E-state index contributed by atoms with van der Waals surface area (Å²) in [7, 11) is 0. The summed E-state index contributed by atoms with van der Waals surface area (Å²) < 4.78 is 0. The van der Waals surface area contributed by atoms with Gasteiger partial charge in [-0.25, -0.2) is 0 Å². The Morgan fingerprint density at radius 1 is 1.26 bits per heavy atom. The Morgan fingerprint density at radius 2 is 1.83 bits per heavy atom. The maximum atomic E-state index is 10.7. The fourth-order valence-electron chi connectivity index (χ4n) is 3.12. The standard InChI is InChI=1S/C18H29N3O.HI/c1-17(2,3)14-9-11-18(22,12-10-14)13-20-16(19)21-15-7-5-4-6-8-15;/h4-8,14,22H,9-13H2,1-3H3,(H3,19,20,21);1H. The van der Waals surface area contributed by atoms with E-state index in [4.69, 9.17) is 5.73 Å². The lowest BCUT2D eigenvalue weighted by molar-refractivity contribution is -0.0171. The second-order valence-electron chi connectivity index (χ2n) is 7.56. The van der Waals surface area contributed by atoms with E-state index in [2.05, 4.69) is 31.1 Å². The second kappa shape index (κ2) is 8.33. The van der Waals surface area contributed by atoms with E-state index in [-0.39, 0.29) is 24.0 Å². The van der Waals surface area contributed by atoms with Gasteiger partial charge in [0.25, 0.3) is 0 Å². The van der Waals surface area contributed by atoms with Crippen molar-refractivity contribution in [3.63, 3.8) is 0 Å². The first-order valence-corrected chi connectivity index (χ1v) is 8.13. The van der Waals surface area contributed by atoms with E-state index in [1.165, 1.54) is 0 Å². The van der Waals surface area contributed by atoms with Crippen LogP contribution in [0.2, 0.25) is 0 Å². The Morgan fingerprint density at radius 3 is 2.35 bits per heavy atom. The van der Waals surface area contributed by atoms with Gasteiger partial charge in [0.1, 0.15) is 0 Å². The average molecular weight is 431 g/mol. The van der Waals surface area contributed by atoms with Gasteiger partial charge in [-0.2, -0.15) is 0 Å². The second-order valence-corrected chi connectivity index (χ2v) is 7.56. The molecule has 4 nitrogen and oxygen atoms in total. The molecule has 0 amide bonds. The largest absolute Gasteiger partial charge is 0.388 e. The predicted octanol–water partition coefficient (Wildman–Crippen LogP) is 4.00. The molecule has 1 aliphatic carbocycles. The number of anilines is 1. The van der Waals surface area contributed by atoms with Gasteiger partial charge in [0.05, 0.1) is 12.1 Å². The predicted molar refractivity (Wildman–Crippen MR) is 108 cm³/mol. The molecule has 1 aliphatic rings. The van der Waals surface area contributed by atoms with Crippen LogP contribution >= 0.6 is 24.0 Å². The van der Waals surface area contributed by atoms with Crippen molar-refractivity contribution in [1.82, 2.24) is 0 Å². The summed E-state index contributed by atoms with van der Waals surface area (Å²) in [6.07, 6.45) is 3.72. The van der Waals surface area contributed by atoms with Crippen molar-refractivity contribution in [3.8, 4) is 0 Å². The van der Waals surface area contributed by atoms with Crippen LogP contribution in [0, 0.1) is 11.3 Å². The van der Waals surface area contributed by atoms with Crippen molar-refractivity contribution >= 4 is 35.6 Å². The quantitative estimate of drug-likeness (QED) is 0.385. The molecule has 1 saturated carbocycles. The molecule has 1 aromatic rings. The molecule has 0 heterocycles. The van der Waals surface area contributed by atoms with E-state index in [0.29, 0.717) is 23.8 Å². The van der Waals surface area contributed by atoms with Crippen LogP contribution in [0.1, 0.15) is 46.5 Å². The van der Waals surface area contributed by atoms with Crippen LogP contribution in [0.4, 0.5) is 5.69 Å². The molecule has 1 aromatic carbocycles. The van der Waals surface area contributed by atoms with Crippen molar-refractivity contribution in [2.75, 3.05) is 11.9 Å². The van der Waals surface area contributed by atoms with Crippen LogP contribution in [0.25, 0.3) is 0 Å². The Bertz CT molecular complexity index is 503. The molecule has 130 valence electrons. The Kier molecular flexibility index (Phi) is 7.32. The van der Waals surface area contributed by atoms with Crippen molar-refractivity contribution in [3.05, 3.63) is 30.3 Å². The highest BCUT2D eigenvalue weighted by Crippen LogP contribution is 2.41. The lowest BCUT2D eigenvalue weighted by atomic mass is 9.68. The molecule has 0 saturated heterocycles. The molecule has 0 bridgehead atoms. The smallest absolute Gasteiger partial charge is 0.193 e. The molecule has 0 spiro atoms. The topological polar surface area (TPSA) is 70.6 Å². The number of para-hydroxylation sites is 1. The number of guanidine groups is 1. The molecule has 0 unspecified atom stereocenters. The lowest BCUT2D eigenvalue weighted by Crippen LogP contribution is -2.40. The SMILES string of the molecule is CC(C)(C)C1CCC(O)(CN=C(N)Nc2ccccc2)CC1.I. The number of nitrogens with one attached hydrogen (secondary N) is 1. The number of aliphatic hydroxyl groups is 1. The third-order valence-corrected chi connectivity index (χ3v) is 4.73. The van der Waals surface area contributed by atoms with E-state index in [0.717, 1.165) is 31.4 Å². The van der Waals surface area contributed by atoms with Gasteiger partial charge in [-0.05, 0) is 49.1 Å². The first-order chi connectivity index (χ1) is 10.3. The Balaban J connectivity index is 0.00000264. The van der Waals surface area contributed by atoms with Gasteiger partial charge in [0, 0.05) is 5.69 Å². The number of nitrogens with zero attached hydrogens (tertiary/aromatic N) is 1. The van der Waals surface area contributed by atoms with Crippen molar-refractivity contribution in [2.45, 2.75) is 52.1 Å². The molecular weight excluding hydrogens is 401 g/mol. The minimum absolute atomic E-state index is 0. The molecule has 0 atom stereocenters. The minimum atomic E-state index is -0.704. The van der Waals surface area contributed by atoms with E-state index in [9.17, 15) is 5.11 Å². The maximum Gasteiger partial charge on any atom is 0.193 e. The molecule has 5 heteroatoms. The van der Waals surface area contributed by atoms with Gasteiger partial charge in [0.15, 0.2) is 5.96 Å². The number of hydrogen-bond donors (Lipinski definition) is 3. The average Bonchev–Trinajstić information content (AvgIpc) is 2.46. The fourth-order valence-corrected chi connectivity index (χ4v) is 3.12. The zero-order valence-electron chi connectivity index (χ0n) is 14.4. The van der Waals surface area contributed by atoms with Crippen LogP contribution < -0.4 is 11.1 Å². The van der Waals surface area contributed by atoms with Crippen molar-refractivity contribution in [1.29, 1.82) is 0 Å². The first-order valence-electron chi connectivity index (χ1n) is 8.13. The third kappa shape index (κ3) is 6.30. The van der Waals surface area contributed by atoms with E-state index < -0.39 is 5.60 Å². The van der Waals surface area contributed by atoms with Crippen LogP contribution in [-0.2, 0) is 0 Å². The summed E-state index contributed by atoms with van der Waals surface area (Å²) in [6, 6.07) is 9.71. The minimum Gasteiger partial charge on any atom is -0.388 e. The van der Waals surface area contributed by atoms with Gasteiger partial charge < -0.3 is 16.2 Å². The summed E-state index contributed by atoms with van der Waals surface area (Å²) in [5.74, 6) is 1.04. The van der Waals surface area contributed by atoms with Gasteiger partial charge in [-0.3, -0.25) is 4.99 Å². The molecule has 2 rings (SSSR count). The number of benzene rings is 1. The van der Waals surface area contributed by atoms with Gasteiger partial charge >= 0.3 is 0 Å². The summed E-state index contributed by atoms with van der Waals surface area (Å²) in [5, 5.41) is 13.7. The van der Waals surface area contributed by atoms with E-state index in [1.54, 1.807) is 0 Å². The molecule has 0 radical (unpaired) electrons. The van der Waals surface area contributed by atoms with Crippen molar-refractivity contribution < 1.29 is 5.11 Å². The Labute approximate surface area is 157 Å². The highest BCUT2D eigenvalue weighted by Gasteiger charge is 2.37. The number of hydrogen-bond acceptors (Lipinski definition) is 2. The maximum absolute atomic E-state index is 10.7. The molecule has 0 aliphatic heterocycles. The third-order valence-electron chi connectivity index (χ3n) is 4.73. The molecule has 23 heavy (non-hydrogen) atoms. The number of nitrogens with two attached hydrogens (primary N) is 1. The summed E-state index contributed by atoms with van der Waals surface area (Å²) >= 11 is 0. The zero-order valence-corrected chi connectivity index (χ0v) is 16.7. The first kappa shape index (κ1) is 20.2. The molecule has 0 aromatic heterocycles. The van der Waals surface area contributed by atoms with Crippen LogP contribution in [0.3, 0.4) is 0 Å². The summed E-state index contributed by atoms with van der Waals surface area (Å²) in [4.78, 5) is 4.34. The Hall–Kier alpha value is -0.820. The van der Waals surface area contributed by atoms with E-state index >= 15 is 0 Å². The molecular formula is C18H30IN3O. The highest BCUT2D eigenvalue weighted by molar-refractivity contribution is 14.0. The van der Waals surface area contributed by atoms with Crippen LogP contribution in [0.15, 0.2) is 35.3 Å². The highest BCUT2D eigenvalue weighted by atomic mass is 127. The van der Waals surface area contributed by atoms with Crippen molar-refractivity contribution in [2.24, 2.45) is 22.1 Å². The van der Waals surface area contributed by atoms with Gasteiger partial charge in [-0.15, -0.1) is 24.0 Å². The fraction of sp³-hybridized carbons (Fsp3) is 0.611. The van der Waals surface area contributed by atoms with Crippen LogP contribution in [-0.4, -0.2) is 23.2 Å². The normalized spacial score (nSPS) is 25.6. The monoisotopic (exact) mass is 431 g/mol. The van der Waals surface area contributed by atoms with Gasteiger partial charge in [0.2, 0.25) is 0 Å². The number of halogens is 1. The van der Waals surface area contributed by atoms with Gasteiger partial charge in [-0.1, -0.05) is 39.0 Å². The zero-order chi connectivity index (χ0) is 16.2. The molecule has 1 fully saturated rings. The number of aliphatic imine (C=N–C) groups is 1. The molecule has 4 N–H and O–H groups in total.